The Kier molecular flexibility index (Phi) is 6.15. The van der Waals surface area contributed by atoms with Gasteiger partial charge >= 0.3 is 5.97 Å². The van der Waals surface area contributed by atoms with E-state index in [4.69, 9.17) is 21.1 Å². The Bertz CT molecular complexity index is 715. The number of aromatic nitrogens is 2. The minimum Gasteiger partial charge on any atom is -0.477 e. The van der Waals surface area contributed by atoms with Gasteiger partial charge in [-0.2, -0.15) is 4.98 Å². The lowest BCUT2D eigenvalue weighted by molar-refractivity contribution is 0.0518. The van der Waals surface area contributed by atoms with E-state index < -0.39 is 5.97 Å². The van der Waals surface area contributed by atoms with E-state index in [1.54, 1.807) is 26.0 Å². The maximum absolute atomic E-state index is 12.2. The Balaban J connectivity index is 2.48. The van der Waals surface area contributed by atoms with Crippen molar-refractivity contribution in [2.75, 3.05) is 13.2 Å². The third kappa shape index (κ3) is 4.45. The van der Waals surface area contributed by atoms with Crippen LogP contribution >= 0.6 is 11.6 Å². The molecule has 0 aliphatic carbocycles. The third-order valence-electron chi connectivity index (χ3n) is 3.19. The Morgan fingerprint density at radius 2 is 1.88 bits per heavy atom. The first-order valence-electron chi connectivity index (χ1n) is 7.86. The zero-order valence-electron chi connectivity index (χ0n) is 14.3. The normalized spacial score (nSPS) is 10.8. The zero-order chi connectivity index (χ0) is 17.7. The van der Waals surface area contributed by atoms with Crippen LogP contribution in [0.1, 0.15) is 36.8 Å². The van der Waals surface area contributed by atoms with Gasteiger partial charge in [-0.15, -0.1) is 0 Å². The Labute approximate surface area is 147 Å². The molecule has 0 amide bonds. The van der Waals surface area contributed by atoms with Crippen molar-refractivity contribution in [3.63, 3.8) is 0 Å². The van der Waals surface area contributed by atoms with Crippen LogP contribution in [0.3, 0.4) is 0 Å². The molecule has 2 rings (SSSR count). The number of hydrogen-bond acceptors (Lipinski definition) is 5. The van der Waals surface area contributed by atoms with Crippen LogP contribution in [-0.2, 0) is 4.74 Å². The summed E-state index contributed by atoms with van der Waals surface area (Å²) in [4.78, 5) is 21.1. The van der Waals surface area contributed by atoms with Crippen LogP contribution < -0.4 is 4.74 Å². The van der Waals surface area contributed by atoms with Crippen LogP contribution in [0.15, 0.2) is 24.3 Å². The molecule has 0 saturated carbocycles. The molecule has 5 nitrogen and oxygen atoms in total. The maximum Gasteiger partial charge on any atom is 0.345 e. The highest BCUT2D eigenvalue weighted by molar-refractivity contribution is 6.30. The SMILES string of the molecule is CCOC(=O)c1c(C)nc(-c2ccc(Cl)cc2)nc1OCC(C)C. The molecule has 1 heterocycles. The average Bonchev–Trinajstić information content (AvgIpc) is 2.53. The van der Waals surface area contributed by atoms with Crippen molar-refractivity contribution >= 4 is 17.6 Å². The topological polar surface area (TPSA) is 61.3 Å². The molecule has 0 spiro atoms. The molecular formula is C18H21ClN2O3. The van der Waals surface area contributed by atoms with Crippen molar-refractivity contribution in [1.29, 1.82) is 0 Å². The van der Waals surface area contributed by atoms with E-state index in [9.17, 15) is 4.79 Å². The molecule has 0 N–H and O–H groups in total. The van der Waals surface area contributed by atoms with Crippen LogP contribution in [0.2, 0.25) is 5.02 Å². The standard InChI is InChI=1S/C18H21ClN2O3/c1-5-23-18(22)15-12(4)20-16(13-6-8-14(19)9-7-13)21-17(15)24-10-11(2)3/h6-9,11H,5,10H2,1-4H3. The van der Waals surface area contributed by atoms with Crippen LogP contribution in [0.4, 0.5) is 0 Å². The van der Waals surface area contributed by atoms with Crippen LogP contribution in [0.5, 0.6) is 5.88 Å². The maximum atomic E-state index is 12.2. The molecule has 0 bridgehead atoms. The van der Waals surface area contributed by atoms with E-state index in [1.165, 1.54) is 0 Å². The number of carbonyl (C=O) groups excluding carboxylic acids is 1. The number of rotatable bonds is 6. The molecule has 1 aromatic carbocycles. The summed E-state index contributed by atoms with van der Waals surface area (Å²) in [5.41, 5.74) is 1.59. The molecule has 128 valence electrons. The number of benzene rings is 1. The van der Waals surface area contributed by atoms with Gasteiger partial charge in [0.25, 0.3) is 0 Å². The van der Waals surface area contributed by atoms with E-state index in [0.29, 0.717) is 29.1 Å². The first kappa shape index (κ1) is 18.2. The van der Waals surface area contributed by atoms with E-state index in [-0.39, 0.29) is 18.1 Å². The van der Waals surface area contributed by atoms with Gasteiger partial charge < -0.3 is 9.47 Å². The average molecular weight is 349 g/mol. The van der Waals surface area contributed by atoms with Gasteiger partial charge in [-0.3, -0.25) is 0 Å². The summed E-state index contributed by atoms with van der Waals surface area (Å²) >= 11 is 5.92. The number of esters is 1. The minimum atomic E-state index is -0.476. The van der Waals surface area contributed by atoms with E-state index in [1.807, 2.05) is 26.0 Å². The molecule has 0 fully saturated rings. The lowest BCUT2D eigenvalue weighted by Crippen LogP contribution is -2.15. The van der Waals surface area contributed by atoms with Crippen LogP contribution in [0.25, 0.3) is 11.4 Å². The van der Waals surface area contributed by atoms with Gasteiger partial charge in [-0.1, -0.05) is 25.4 Å². The molecule has 0 radical (unpaired) electrons. The van der Waals surface area contributed by atoms with Crippen molar-refractivity contribution in [2.24, 2.45) is 5.92 Å². The Hall–Kier alpha value is -2.14. The van der Waals surface area contributed by atoms with Gasteiger partial charge in [0, 0.05) is 10.6 Å². The van der Waals surface area contributed by atoms with Crippen molar-refractivity contribution in [3.8, 4) is 17.3 Å². The second kappa shape index (κ2) is 8.11. The lowest BCUT2D eigenvalue weighted by atomic mass is 10.1. The largest absolute Gasteiger partial charge is 0.477 e. The number of hydrogen-bond donors (Lipinski definition) is 0. The number of carbonyl (C=O) groups is 1. The van der Waals surface area contributed by atoms with Crippen molar-refractivity contribution in [3.05, 3.63) is 40.5 Å². The Morgan fingerprint density at radius 1 is 1.21 bits per heavy atom. The second-order valence-electron chi connectivity index (χ2n) is 5.74. The van der Waals surface area contributed by atoms with Crippen molar-refractivity contribution in [1.82, 2.24) is 9.97 Å². The summed E-state index contributed by atoms with van der Waals surface area (Å²) in [5.74, 6) is 0.557. The van der Waals surface area contributed by atoms with Gasteiger partial charge in [0.15, 0.2) is 5.82 Å². The van der Waals surface area contributed by atoms with Gasteiger partial charge in [-0.05, 0) is 44.0 Å². The molecule has 1 aromatic heterocycles. The van der Waals surface area contributed by atoms with Crippen molar-refractivity contribution in [2.45, 2.75) is 27.7 Å². The highest BCUT2D eigenvalue weighted by atomic mass is 35.5. The van der Waals surface area contributed by atoms with E-state index in [2.05, 4.69) is 9.97 Å². The highest BCUT2D eigenvalue weighted by Crippen LogP contribution is 2.26. The summed E-state index contributed by atoms with van der Waals surface area (Å²) in [5, 5.41) is 0.634. The zero-order valence-corrected chi connectivity index (χ0v) is 15.1. The minimum absolute atomic E-state index is 0.250. The number of aryl methyl sites for hydroxylation is 1. The van der Waals surface area contributed by atoms with Gasteiger partial charge in [0.2, 0.25) is 5.88 Å². The van der Waals surface area contributed by atoms with E-state index in [0.717, 1.165) is 5.56 Å². The van der Waals surface area contributed by atoms with Gasteiger partial charge in [0.05, 0.1) is 18.9 Å². The van der Waals surface area contributed by atoms with E-state index >= 15 is 0 Å². The number of halogens is 1. The molecule has 0 aliphatic rings. The summed E-state index contributed by atoms with van der Waals surface area (Å²) in [6.07, 6.45) is 0. The molecule has 6 heteroatoms. The predicted molar refractivity (Wildman–Crippen MR) is 93.5 cm³/mol. The predicted octanol–water partition coefficient (Wildman–Crippen LogP) is 4.32. The summed E-state index contributed by atoms with van der Waals surface area (Å²) in [7, 11) is 0. The second-order valence-corrected chi connectivity index (χ2v) is 6.18. The summed E-state index contributed by atoms with van der Waals surface area (Å²) in [6.45, 7) is 8.28. The fourth-order valence-electron chi connectivity index (χ4n) is 2.06. The van der Waals surface area contributed by atoms with Crippen molar-refractivity contribution < 1.29 is 14.3 Å². The lowest BCUT2D eigenvalue weighted by Gasteiger charge is -2.14. The number of nitrogens with zero attached hydrogens (tertiary/aromatic N) is 2. The summed E-state index contributed by atoms with van der Waals surface area (Å²) in [6, 6.07) is 7.19. The van der Waals surface area contributed by atoms with Gasteiger partial charge in [-0.25, -0.2) is 9.78 Å². The van der Waals surface area contributed by atoms with Crippen LogP contribution in [0, 0.1) is 12.8 Å². The number of ether oxygens (including phenoxy) is 2. The smallest absolute Gasteiger partial charge is 0.345 e. The molecule has 0 atom stereocenters. The first-order valence-corrected chi connectivity index (χ1v) is 8.24. The Morgan fingerprint density at radius 3 is 2.46 bits per heavy atom. The highest BCUT2D eigenvalue weighted by Gasteiger charge is 2.22. The molecular weight excluding hydrogens is 328 g/mol. The molecule has 0 unspecified atom stereocenters. The molecule has 0 aliphatic heterocycles. The first-order chi connectivity index (χ1) is 11.4. The quantitative estimate of drug-likeness (QED) is 0.727. The summed E-state index contributed by atoms with van der Waals surface area (Å²) < 4.78 is 10.9. The monoisotopic (exact) mass is 348 g/mol. The van der Waals surface area contributed by atoms with Gasteiger partial charge in [0.1, 0.15) is 5.56 Å². The molecule has 24 heavy (non-hydrogen) atoms. The third-order valence-corrected chi connectivity index (χ3v) is 3.44. The fourth-order valence-corrected chi connectivity index (χ4v) is 2.19. The van der Waals surface area contributed by atoms with Crippen LogP contribution in [-0.4, -0.2) is 29.2 Å². The fraction of sp³-hybridized carbons (Fsp3) is 0.389. The molecule has 0 saturated heterocycles. The molecule has 2 aromatic rings.